The fourth-order valence-electron chi connectivity index (χ4n) is 5.10. The van der Waals surface area contributed by atoms with Crippen LogP contribution in [0.1, 0.15) is 44.5 Å². The molecular weight excluding hydrogens is 486 g/mol. The summed E-state index contributed by atoms with van der Waals surface area (Å²) in [7, 11) is 1.34. The summed E-state index contributed by atoms with van der Waals surface area (Å²) >= 11 is 0. The number of aliphatic hydroxyl groups excluding tert-OH is 1. The van der Waals surface area contributed by atoms with Gasteiger partial charge in [0.15, 0.2) is 11.6 Å². The summed E-state index contributed by atoms with van der Waals surface area (Å²) in [6, 6.07) is 2.49. The van der Waals surface area contributed by atoms with Crippen molar-refractivity contribution in [2.24, 2.45) is 0 Å². The molecule has 198 valence electrons. The first-order valence-corrected chi connectivity index (χ1v) is 12.4. The third kappa shape index (κ3) is 4.82. The van der Waals surface area contributed by atoms with Gasteiger partial charge >= 0.3 is 6.09 Å². The highest BCUT2D eigenvalue weighted by molar-refractivity contribution is 5.83. The Morgan fingerprint density at radius 2 is 2.05 bits per heavy atom. The standard InChI is InChI=1S/C25H30F2N6O4/c1-13(2)33-19-9-15(21-17(27)10-28-24(31-21)29-18-5-7-37-12-20(18)34)8-16(26)22(19)30-23(33)14-4-6-32(11-14)25(35)36-3/h8-10,13-14,18,20,34H,4-7,11-12H2,1-3H3,(H,28,29,31)/t14-,18-,20-/m1/s1. The van der Waals surface area contributed by atoms with Crippen LogP contribution in [-0.2, 0) is 9.47 Å². The van der Waals surface area contributed by atoms with E-state index in [2.05, 4.69) is 20.3 Å². The molecule has 0 unspecified atom stereocenters. The molecule has 12 heteroatoms. The molecule has 2 aliphatic heterocycles. The van der Waals surface area contributed by atoms with Gasteiger partial charge in [-0.25, -0.2) is 28.5 Å². The van der Waals surface area contributed by atoms with E-state index in [1.165, 1.54) is 13.2 Å². The second-order valence-electron chi connectivity index (χ2n) is 9.73. The number of methoxy groups -OCH3 is 1. The number of benzene rings is 1. The molecule has 0 bridgehead atoms. The monoisotopic (exact) mass is 516 g/mol. The number of hydrogen-bond acceptors (Lipinski definition) is 8. The molecule has 0 saturated carbocycles. The molecule has 10 nitrogen and oxygen atoms in total. The maximum absolute atomic E-state index is 15.4. The average Bonchev–Trinajstić information content (AvgIpc) is 3.51. The second kappa shape index (κ2) is 10.2. The van der Waals surface area contributed by atoms with Crippen molar-refractivity contribution >= 4 is 23.1 Å². The summed E-state index contributed by atoms with van der Waals surface area (Å²) in [5, 5.41) is 13.2. The Bertz CT molecular complexity index is 1320. The quantitative estimate of drug-likeness (QED) is 0.530. The maximum Gasteiger partial charge on any atom is 0.409 e. The number of rotatable bonds is 5. The number of carbonyl (C=O) groups excluding carboxylic acids is 1. The molecule has 0 aliphatic carbocycles. The number of nitrogens with one attached hydrogen (secondary N) is 1. The molecule has 2 aliphatic rings. The van der Waals surface area contributed by atoms with E-state index in [1.54, 1.807) is 11.0 Å². The number of likely N-dealkylation sites (tertiary alicyclic amines) is 1. The maximum atomic E-state index is 15.4. The Morgan fingerprint density at radius 1 is 1.24 bits per heavy atom. The number of amides is 1. The van der Waals surface area contributed by atoms with Crippen molar-refractivity contribution in [3.63, 3.8) is 0 Å². The second-order valence-corrected chi connectivity index (χ2v) is 9.73. The zero-order chi connectivity index (χ0) is 26.3. The van der Waals surface area contributed by atoms with Gasteiger partial charge in [-0.1, -0.05) is 0 Å². The van der Waals surface area contributed by atoms with E-state index in [4.69, 9.17) is 9.47 Å². The Kier molecular flexibility index (Phi) is 6.95. The predicted molar refractivity (Wildman–Crippen MR) is 131 cm³/mol. The lowest BCUT2D eigenvalue weighted by atomic mass is 10.1. The average molecular weight is 517 g/mol. The van der Waals surface area contributed by atoms with E-state index < -0.39 is 23.8 Å². The summed E-state index contributed by atoms with van der Waals surface area (Å²) in [6.45, 7) is 5.54. The van der Waals surface area contributed by atoms with Crippen LogP contribution in [0.4, 0.5) is 19.5 Å². The van der Waals surface area contributed by atoms with Crippen LogP contribution < -0.4 is 5.32 Å². The van der Waals surface area contributed by atoms with Gasteiger partial charge in [0.2, 0.25) is 5.95 Å². The van der Waals surface area contributed by atoms with E-state index in [1.807, 2.05) is 18.4 Å². The van der Waals surface area contributed by atoms with E-state index in [0.29, 0.717) is 43.9 Å². The molecule has 37 heavy (non-hydrogen) atoms. The van der Waals surface area contributed by atoms with Crippen LogP contribution in [-0.4, -0.2) is 81.2 Å². The van der Waals surface area contributed by atoms with Crippen LogP contribution in [0.25, 0.3) is 22.3 Å². The first-order chi connectivity index (χ1) is 17.8. The lowest BCUT2D eigenvalue weighted by Crippen LogP contribution is -2.42. The molecule has 3 aromatic rings. The number of anilines is 1. The van der Waals surface area contributed by atoms with Crippen molar-refractivity contribution in [2.45, 2.75) is 50.8 Å². The Morgan fingerprint density at radius 3 is 2.78 bits per heavy atom. The minimum absolute atomic E-state index is 0.0596. The molecule has 1 amide bonds. The van der Waals surface area contributed by atoms with Crippen molar-refractivity contribution in [3.05, 3.63) is 35.8 Å². The number of hydrogen-bond donors (Lipinski definition) is 2. The Hall–Kier alpha value is -3.38. The first kappa shape index (κ1) is 25.3. The van der Waals surface area contributed by atoms with Crippen molar-refractivity contribution in [1.29, 1.82) is 0 Å². The lowest BCUT2D eigenvalue weighted by molar-refractivity contribution is -0.0136. The normalized spacial score (nSPS) is 22.1. The molecular formula is C25H30F2N6O4. The summed E-state index contributed by atoms with van der Waals surface area (Å²) in [6.07, 6.45) is 1.10. The number of carbonyl (C=O) groups is 1. The zero-order valence-corrected chi connectivity index (χ0v) is 20.9. The molecule has 2 N–H and O–H groups in total. The SMILES string of the molecule is COC(=O)N1CC[C@@H](c2nc3c(F)cc(-c4nc(N[C@@H]5CCOC[C@H]5O)ncc4F)cc3n2C(C)C)C1. The highest BCUT2D eigenvalue weighted by atomic mass is 19.1. The zero-order valence-electron chi connectivity index (χ0n) is 20.9. The van der Waals surface area contributed by atoms with E-state index >= 15 is 4.39 Å². The highest BCUT2D eigenvalue weighted by Gasteiger charge is 2.33. The molecule has 2 fully saturated rings. The molecule has 0 spiro atoms. The van der Waals surface area contributed by atoms with Crippen molar-refractivity contribution in [3.8, 4) is 11.3 Å². The summed E-state index contributed by atoms with van der Waals surface area (Å²) < 4.78 is 42.3. The van der Waals surface area contributed by atoms with Crippen LogP contribution in [0, 0.1) is 11.6 Å². The number of ether oxygens (including phenoxy) is 2. The van der Waals surface area contributed by atoms with E-state index in [-0.39, 0.29) is 47.3 Å². The third-order valence-corrected chi connectivity index (χ3v) is 6.94. The van der Waals surface area contributed by atoms with Crippen molar-refractivity contribution in [2.75, 3.05) is 38.7 Å². The largest absolute Gasteiger partial charge is 0.453 e. The van der Waals surface area contributed by atoms with Crippen LogP contribution in [0.15, 0.2) is 18.3 Å². The van der Waals surface area contributed by atoms with Gasteiger partial charge in [-0.15, -0.1) is 0 Å². The van der Waals surface area contributed by atoms with Gasteiger partial charge in [-0.2, -0.15) is 0 Å². The Balaban J connectivity index is 1.52. The minimum Gasteiger partial charge on any atom is -0.453 e. The fourth-order valence-corrected chi connectivity index (χ4v) is 5.10. The summed E-state index contributed by atoms with van der Waals surface area (Å²) in [5.41, 5.74) is 0.887. The van der Waals surface area contributed by atoms with Gasteiger partial charge in [0.1, 0.15) is 17.0 Å². The van der Waals surface area contributed by atoms with Gasteiger partial charge in [0.05, 0.1) is 37.6 Å². The number of aliphatic hydroxyl groups is 1. The van der Waals surface area contributed by atoms with Gasteiger partial charge in [-0.05, 0) is 38.8 Å². The van der Waals surface area contributed by atoms with Crippen molar-refractivity contribution < 1.29 is 28.2 Å². The highest BCUT2D eigenvalue weighted by Crippen LogP contribution is 2.35. The molecule has 2 aromatic heterocycles. The lowest BCUT2D eigenvalue weighted by Gasteiger charge is -2.28. The van der Waals surface area contributed by atoms with Crippen molar-refractivity contribution in [1.82, 2.24) is 24.4 Å². The summed E-state index contributed by atoms with van der Waals surface area (Å²) in [5.74, 6) is -0.573. The van der Waals surface area contributed by atoms with E-state index in [9.17, 15) is 14.3 Å². The topological polar surface area (TPSA) is 115 Å². The van der Waals surface area contributed by atoms with Crippen LogP contribution >= 0.6 is 0 Å². The van der Waals surface area contributed by atoms with Gasteiger partial charge < -0.3 is 29.4 Å². The molecule has 1 aromatic carbocycles. The third-order valence-electron chi connectivity index (χ3n) is 6.94. The number of aromatic nitrogens is 4. The number of imidazole rings is 1. The number of halogens is 2. The molecule has 4 heterocycles. The predicted octanol–water partition coefficient (Wildman–Crippen LogP) is 3.47. The van der Waals surface area contributed by atoms with Gasteiger partial charge in [0, 0.05) is 37.2 Å². The van der Waals surface area contributed by atoms with Crippen LogP contribution in [0.2, 0.25) is 0 Å². The van der Waals surface area contributed by atoms with E-state index in [0.717, 1.165) is 6.20 Å². The molecule has 3 atom stereocenters. The molecule has 2 saturated heterocycles. The number of fused-ring (bicyclic) bond motifs is 1. The van der Waals surface area contributed by atoms with Gasteiger partial charge in [-0.3, -0.25) is 0 Å². The minimum atomic E-state index is -0.746. The van der Waals surface area contributed by atoms with Crippen LogP contribution in [0.3, 0.4) is 0 Å². The fraction of sp³-hybridized carbons (Fsp3) is 0.520. The van der Waals surface area contributed by atoms with Gasteiger partial charge in [0.25, 0.3) is 0 Å². The number of nitrogens with zero attached hydrogens (tertiary/aromatic N) is 5. The summed E-state index contributed by atoms with van der Waals surface area (Å²) in [4.78, 5) is 26.5. The Labute approximate surface area is 212 Å². The molecule has 5 rings (SSSR count). The molecule has 0 radical (unpaired) electrons. The van der Waals surface area contributed by atoms with Crippen LogP contribution in [0.5, 0.6) is 0 Å². The smallest absolute Gasteiger partial charge is 0.409 e. The first-order valence-electron chi connectivity index (χ1n) is 12.4.